The molecule has 0 saturated heterocycles. The number of hydrogen-bond donors (Lipinski definition) is 1. The predicted molar refractivity (Wildman–Crippen MR) is 40.9 cm³/mol. The van der Waals surface area contributed by atoms with Crippen LogP contribution in [0.2, 0.25) is 0 Å². The number of anilines is 1. The minimum absolute atomic E-state index is 0.157. The van der Waals surface area contributed by atoms with E-state index in [2.05, 4.69) is 9.97 Å². The molecule has 1 rings (SSSR count). The Kier molecular flexibility index (Phi) is 2.15. The molecule has 58 valence electrons. The van der Waals surface area contributed by atoms with Gasteiger partial charge in [0, 0.05) is 18.3 Å². The maximum atomic E-state index is 10.3. The Hall–Kier alpha value is -1.45. The monoisotopic (exact) mass is 151 g/mol. The van der Waals surface area contributed by atoms with Gasteiger partial charge in [0.15, 0.2) is 0 Å². The van der Waals surface area contributed by atoms with Crippen molar-refractivity contribution in [1.29, 1.82) is 0 Å². The van der Waals surface area contributed by atoms with Crippen LogP contribution in [0.15, 0.2) is 12.4 Å². The maximum absolute atomic E-state index is 10.3. The van der Waals surface area contributed by atoms with Crippen LogP contribution >= 0.6 is 0 Å². The standard InChI is InChI=1S/C7H9N3O/c1-5(4-11)6-2-9-7(8)10-3-6/h2-5H,1H3,(H2,8,9,10). The fourth-order valence-electron chi connectivity index (χ4n) is 0.662. The number of aromatic nitrogens is 2. The van der Waals surface area contributed by atoms with E-state index in [0.29, 0.717) is 0 Å². The lowest BCUT2D eigenvalue weighted by Gasteiger charge is -2.00. The van der Waals surface area contributed by atoms with Crippen molar-refractivity contribution in [3.8, 4) is 0 Å². The number of hydrogen-bond acceptors (Lipinski definition) is 4. The lowest BCUT2D eigenvalue weighted by Crippen LogP contribution is -1.99. The molecule has 1 aromatic heterocycles. The van der Waals surface area contributed by atoms with E-state index in [-0.39, 0.29) is 11.9 Å². The van der Waals surface area contributed by atoms with Crippen molar-refractivity contribution in [1.82, 2.24) is 9.97 Å². The average Bonchev–Trinajstić information content (AvgIpc) is 2.05. The zero-order valence-electron chi connectivity index (χ0n) is 6.19. The van der Waals surface area contributed by atoms with E-state index in [1.807, 2.05) is 0 Å². The van der Waals surface area contributed by atoms with Gasteiger partial charge in [-0.25, -0.2) is 9.97 Å². The summed E-state index contributed by atoms with van der Waals surface area (Å²) in [6.45, 7) is 1.78. The van der Waals surface area contributed by atoms with Crippen molar-refractivity contribution in [2.75, 3.05) is 5.73 Å². The van der Waals surface area contributed by atoms with Crippen molar-refractivity contribution in [2.45, 2.75) is 12.8 Å². The topological polar surface area (TPSA) is 68.9 Å². The van der Waals surface area contributed by atoms with Gasteiger partial charge in [0.1, 0.15) is 6.29 Å². The van der Waals surface area contributed by atoms with Crippen molar-refractivity contribution >= 4 is 12.2 Å². The number of aldehydes is 1. The molecule has 0 aliphatic heterocycles. The quantitative estimate of drug-likeness (QED) is 0.619. The summed E-state index contributed by atoms with van der Waals surface area (Å²) >= 11 is 0. The van der Waals surface area contributed by atoms with Crippen molar-refractivity contribution in [2.24, 2.45) is 0 Å². The Morgan fingerprint density at radius 2 is 2.09 bits per heavy atom. The Bertz CT molecular complexity index is 244. The molecular weight excluding hydrogens is 142 g/mol. The fraction of sp³-hybridized carbons (Fsp3) is 0.286. The molecule has 0 spiro atoms. The van der Waals surface area contributed by atoms with Gasteiger partial charge in [-0.1, -0.05) is 6.92 Å². The Morgan fingerprint density at radius 3 is 2.55 bits per heavy atom. The first-order chi connectivity index (χ1) is 5.24. The summed E-state index contributed by atoms with van der Waals surface area (Å²) in [6.07, 6.45) is 3.96. The van der Waals surface area contributed by atoms with Crippen LogP contribution in [0, 0.1) is 0 Å². The molecule has 0 aliphatic carbocycles. The summed E-state index contributed by atoms with van der Waals surface area (Å²) in [6, 6.07) is 0. The van der Waals surface area contributed by atoms with Gasteiger partial charge in [0.2, 0.25) is 5.95 Å². The second kappa shape index (κ2) is 3.09. The molecule has 4 heteroatoms. The Labute approximate surface area is 64.5 Å². The van der Waals surface area contributed by atoms with Gasteiger partial charge in [0.05, 0.1) is 0 Å². The molecule has 0 radical (unpaired) electrons. The van der Waals surface area contributed by atoms with Crippen LogP contribution in [0.1, 0.15) is 18.4 Å². The first-order valence-electron chi connectivity index (χ1n) is 3.26. The highest BCUT2D eigenvalue weighted by atomic mass is 16.1. The van der Waals surface area contributed by atoms with E-state index in [1.54, 1.807) is 19.3 Å². The van der Waals surface area contributed by atoms with Gasteiger partial charge in [0.25, 0.3) is 0 Å². The lowest BCUT2D eigenvalue weighted by atomic mass is 10.1. The molecule has 0 aromatic carbocycles. The summed E-state index contributed by atoms with van der Waals surface area (Å²) in [5.74, 6) is 0.0717. The van der Waals surface area contributed by atoms with E-state index in [0.717, 1.165) is 11.8 Å². The van der Waals surface area contributed by atoms with Gasteiger partial charge in [-0.3, -0.25) is 0 Å². The third-order valence-electron chi connectivity index (χ3n) is 1.42. The highest BCUT2D eigenvalue weighted by Crippen LogP contribution is 2.09. The largest absolute Gasteiger partial charge is 0.368 e. The molecule has 1 atom stereocenters. The van der Waals surface area contributed by atoms with E-state index in [4.69, 9.17) is 5.73 Å². The van der Waals surface area contributed by atoms with Crippen LogP contribution in [0.25, 0.3) is 0 Å². The van der Waals surface area contributed by atoms with Crippen LogP contribution in [-0.2, 0) is 4.79 Å². The molecule has 1 unspecified atom stereocenters. The summed E-state index contributed by atoms with van der Waals surface area (Å²) in [7, 11) is 0. The minimum atomic E-state index is -0.157. The van der Waals surface area contributed by atoms with E-state index >= 15 is 0 Å². The van der Waals surface area contributed by atoms with Crippen molar-refractivity contribution in [3.05, 3.63) is 18.0 Å². The number of nitrogens with two attached hydrogens (primary N) is 1. The highest BCUT2D eigenvalue weighted by Gasteiger charge is 2.03. The SMILES string of the molecule is CC(C=O)c1cnc(N)nc1. The molecule has 11 heavy (non-hydrogen) atoms. The molecule has 1 heterocycles. The molecule has 1 aromatic rings. The average molecular weight is 151 g/mol. The molecule has 0 fully saturated rings. The first-order valence-corrected chi connectivity index (χ1v) is 3.26. The second-order valence-electron chi connectivity index (χ2n) is 2.30. The van der Waals surface area contributed by atoms with Crippen molar-refractivity contribution in [3.63, 3.8) is 0 Å². The lowest BCUT2D eigenvalue weighted by molar-refractivity contribution is -0.108. The second-order valence-corrected chi connectivity index (χ2v) is 2.30. The summed E-state index contributed by atoms with van der Waals surface area (Å²) in [5.41, 5.74) is 6.04. The van der Waals surface area contributed by atoms with Gasteiger partial charge in [-0.05, 0) is 5.56 Å². The smallest absolute Gasteiger partial charge is 0.219 e. The first kappa shape index (κ1) is 7.65. The molecule has 0 bridgehead atoms. The predicted octanol–water partition coefficient (Wildman–Crippen LogP) is 0.361. The number of rotatable bonds is 2. The van der Waals surface area contributed by atoms with Gasteiger partial charge in [-0.2, -0.15) is 0 Å². The van der Waals surface area contributed by atoms with Crippen LogP contribution in [0.5, 0.6) is 0 Å². The molecular formula is C7H9N3O. The summed E-state index contributed by atoms with van der Waals surface area (Å²) in [5, 5.41) is 0. The fourth-order valence-corrected chi connectivity index (χ4v) is 0.662. The zero-order chi connectivity index (χ0) is 8.27. The van der Waals surface area contributed by atoms with Gasteiger partial charge >= 0.3 is 0 Å². The zero-order valence-corrected chi connectivity index (χ0v) is 6.19. The van der Waals surface area contributed by atoms with E-state index < -0.39 is 0 Å². The summed E-state index contributed by atoms with van der Waals surface area (Å²) in [4.78, 5) is 17.8. The van der Waals surface area contributed by atoms with Crippen LogP contribution < -0.4 is 5.73 Å². The van der Waals surface area contributed by atoms with E-state index in [1.165, 1.54) is 0 Å². The maximum Gasteiger partial charge on any atom is 0.219 e. The number of carbonyl (C=O) groups excluding carboxylic acids is 1. The van der Waals surface area contributed by atoms with Crippen molar-refractivity contribution < 1.29 is 4.79 Å². The van der Waals surface area contributed by atoms with Gasteiger partial charge in [-0.15, -0.1) is 0 Å². The Morgan fingerprint density at radius 1 is 1.55 bits per heavy atom. The molecule has 0 amide bonds. The molecule has 0 aliphatic rings. The summed E-state index contributed by atoms with van der Waals surface area (Å²) < 4.78 is 0. The third-order valence-corrected chi connectivity index (χ3v) is 1.42. The third kappa shape index (κ3) is 1.73. The highest BCUT2D eigenvalue weighted by molar-refractivity contribution is 5.60. The van der Waals surface area contributed by atoms with Crippen LogP contribution in [0.3, 0.4) is 0 Å². The molecule has 2 N–H and O–H groups in total. The normalized spacial score (nSPS) is 12.5. The number of carbonyl (C=O) groups is 1. The van der Waals surface area contributed by atoms with Crippen LogP contribution in [-0.4, -0.2) is 16.3 Å². The van der Waals surface area contributed by atoms with Crippen LogP contribution in [0.4, 0.5) is 5.95 Å². The minimum Gasteiger partial charge on any atom is -0.368 e. The van der Waals surface area contributed by atoms with Gasteiger partial charge < -0.3 is 10.5 Å². The molecule has 0 saturated carbocycles. The number of nitrogen functional groups attached to an aromatic ring is 1. The Balaban J connectivity index is 2.89. The molecule has 4 nitrogen and oxygen atoms in total. The number of nitrogens with zero attached hydrogens (tertiary/aromatic N) is 2. The van der Waals surface area contributed by atoms with E-state index in [9.17, 15) is 4.79 Å².